The SMILES string of the molecule is c1cnc(Nc2ccc3ccc(Nc4ncccn4)nc3n2)nc1. The second-order valence-electron chi connectivity index (χ2n) is 4.83. The predicted octanol–water partition coefficient (Wildman–Crippen LogP) is 2.70. The second-order valence-corrected chi connectivity index (χ2v) is 4.83. The van der Waals surface area contributed by atoms with E-state index in [0.717, 1.165) is 5.39 Å². The van der Waals surface area contributed by atoms with E-state index in [4.69, 9.17) is 0 Å². The molecule has 0 bridgehead atoms. The van der Waals surface area contributed by atoms with Crippen LogP contribution in [0, 0.1) is 0 Å². The monoisotopic (exact) mass is 316 g/mol. The van der Waals surface area contributed by atoms with Crippen LogP contribution in [0.3, 0.4) is 0 Å². The van der Waals surface area contributed by atoms with Crippen LogP contribution >= 0.6 is 0 Å². The van der Waals surface area contributed by atoms with Crippen molar-refractivity contribution < 1.29 is 0 Å². The van der Waals surface area contributed by atoms with E-state index < -0.39 is 0 Å². The Hall–Kier alpha value is -3.68. The number of pyridine rings is 2. The highest BCUT2D eigenvalue weighted by atomic mass is 15.2. The van der Waals surface area contributed by atoms with Crippen LogP contribution in [0.4, 0.5) is 23.5 Å². The van der Waals surface area contributed by atoms with Crippen molar-refractivity contribution in [2.24, 2.45) is 0 Å². The van der Waals surface area contributed by atoms with Gasteiger partial charge in [0.2, 0.25) is 11.9 Å². The highest BCUT2D eigenvalue weighted by molar-refractivity contribution is 5.79. The number of rotatable bonds is 4. The first-order valence-electron chi connectivity index (χ1n) is 7.23. The standard InChI is InChI=1S/C16H12N8/c1-7-17-15(18-8-1)23-12-5-3-11-4-6-13(22-14(11)21-12)24-16-19-9-2-10-20-16/h1-10H,(H2,17,18,19,20,21,22,23,24). The average Bonchev–Trinajstić information content (AvgIpc) is 2.63. The van der Waals surface area contributed by atoms with Crippen LogP contribution in [0.25, 0.3) is 11.0 Å². The molecule has 2 N–H and O–H groups in total. The van der Waals surface area contributed by atoms with Gasteiger partial charge in [-0.1, -0.05) is 0 Å². The summed E-state index contributed by atoms with van der Waals surface area (Å²) in [4.78, 5) is 25.4. The van der Waals surface area contributed by atoms with Crippen molar-refractivity contribution in [2.45, 2.75) is 0 Å². The van der Waals surface area contributed by atoms with E-state index in [1.807, 2.05) is 24.3 Å². The van der Waals surface area contributed by atoms with E-state index in [-0.39, 0.29) is 0 Å². The zero-order chi connectivity index (χ0) is 16.2. The molecular weight excluding hydrogens is 304 g/mol. The Morgan fingerprint density at radius 1 is 0.583 bits per heavy atom. The minimum absolute atomic E-state index is 0.483. The molecule has 0 saturated carbocycles. The molecule has 8 heteroatoms. The zero-order valence-electron chi connectivity index (χ0n) is 12.5. The van der Waals surface area contributed by atoms with Crippen molar-refractivity contribution >= 4 is 34.6 Å². The van der Waals surface area contributed by atoms with Gasteiger partial charge in [0.25, 0.3) is 0 Å². The summed E-state index contributed by atoms with van der Waals surface area (Å²) in [5.74, 6) is 2.20. The van der Waals surface area contributed by atoms with Crippen molar-refractivity contribution in [3.05, 3.63) is 61.2 Å². The van der Waals surface area contributed by atoms with Gasteiger partial charge in [-0.25, -0.2) is 29.9 Å². The summed E-state index contributed by atoms with van der Waals surface area (Å²) in [7, 11) is 0. The van der Waals surface area contributed by atoms with Crippen LogP contribution in [0.15, 0.2) is 61.2 Å². The summed E-state index contributed by atoms with van der Waals surface area (Å²) in [6.07, 6.45) is 6.65. The van der Waals surface area contributed by atoms with Crippen LogP contribution in [0.5, 0.6) is 0 Å². The van der Waals surface area contributed by atoms with Gasteiger partial charge >= 0.3 is 0 Å². The minimum atomic E-state index is 0.483. The molecule has 0 aliphatic rings. The molecule has 4 rings (SSSR count). The highest BCUT2D eigenvalue weighted by Gasteiger charge is 2.04. The van der Waals surface area contributed by atoms with Crippen molar-refractivity contribution in [3.8, 4) is 0 Å². The van der Waals surface area contributed by atoms with Gasteiger partial charge < -0.3 is 10.6 Å². The molecule has 8 nitrogen and oxygen atoms in total. The summed E-state index contributed by atoms with van der Waals surface area (Å²) in [5, 5.41) is 7.02. The third-order valence-corrected chi connectivity index (χ3v) is 3.16. The first-order valence-corrected chi connectivity index (χ1v) is 7.23. The van der Waals surface area contributed by atoms with Crippen molar-refractivity contribution in [1.82, 2.24) is 29.9 Å². The Bertz CT molecular complexity index is 883. The summed E-state index contributed by atoms with van der Waals surface area (Å²) in [5.41, 5.74) is 0.594. The Labute approximate surface area is 137 Å². The Morgan fingerprint density at radius 2 is 1.04 bits per heavy atom. The maximum absolute atomic E-state index is 4.49. The van der Waals surface area contributed by atoms with Crippen LogP contribution in [0.2, 0.25) is 0 Å². The molecule has 0 amide bonds. The summed E-state index contributed by atoms with van der Waals surface area (Å²) < 4.78 is 0. The second kappa shape index (κ2) is 6.21. The fraction of sp³-hybridized carbons (Fsp3) is 0. The number of fused-ring (bicyclic) bond motifs is 1. The number of nitrogens with one attached hydrogen (secondary N) is 2. The maximum atomic E-state index is 4.49. The molecule has 0 aliphatic carbocycles. The molecule has 4 aromatic heterocycles. The molecule has 0 spiro atoms. The molecule has 0 saturated heterocycles. The molecule has 0 aliphatic heterocycles. The van der Waals surface area contributed by atoms with Crippen LogP contribution < -0.4 is 10.6 Å². The molecule has 4 heterocycles. The lowest BCUT2D eigenvalue weighted by Gasteiger charge is -2.06. The molecule has 4 aromatic rings. The number of aromatic nitrogens is 6. The number of anilines is 4. The molecule has 24 heavy (non-hydrogen) atoms. The smallest absolute Gasteiger partial charge is 0.228 e. The van der Waals surface area contributed by atoms with E-state index in [2.05, 4.69) is 40.5 Å². The molecule has 0 aromatic carbocycles. The van der Waals surface area contributed by atoms with Crippen molar-refractivity contribution in [2.75, 3.05) is 10.6 Å². The van der Waals surface area contributed by atoms with Gasteiger partial charge in [-0.15, -0.1) is 0 Å². The fourth-order valence-corrected chi connectivity index (χ4v) is 2.09. The highest BCUT2D eigenvalue weighted by Crippen LogP contribution is 2.18. The maximum Gasteiger partial charge on any atom is 0.228 e. The van der Waals surface area contributed by atoms with E-state index in [0.29, 0.717) is 29.2 Å². The van der Waals surface area contributed by atoms with Crippen LogP contribution in [-0.4, -0.2) is 29.9 Å². The van der Waals surface area contributed by atoms with Crippen LogP contribution in [0.1, 0.15) is 0 Å². The van der Waals surface area contributed by atoms with Gasteiger partial charge in [0.1, 0.15) is 11.6 Å². The van der Waals surface area contributed by atoms with E-state index >= 15 is 0 Å². The summed E-state index contributed by atoms with van der Waals surface area (Å²) in [6, 6.07) is 11.1. The third-order valence-electron chi connectivity index (χ3n) is 3.16. The van der Waals surface area contributed by atoms with Gasteiger partial charge in [-0.2, -0.15) is 0 Å². The minimum Gasteiger partial charge on any atom is -0.309 e. The predicted molar refractivity (Wildman–Crippen MR) is 90.2 cm³/mol. The third kappa shape index (κ3) is 3.07. The van der Waals surface area contributed by atoms with E-state index in [9.17, 15) is 0 Å². The molecule has 0 radical (unpaired) electrons. The van der Waals surface area contributed by atoms with Gasteiger partial charge in [0.05, 0.1) is 0 Å². The molecule has 0 atom stereocenters. The Kier molecular flexibility index (Phi) is 3.61. The first kappa shape index (κ1) is 13.9. The lowest BCUT2D eigenvalue weighted by molar-refractivity contribution is 1.14. The van der Waals surface area contributed by atoms with E-state index in [1.54, 1.807) is 36.9 Å². The van der Waals surface area contributed by atoms with Crippen molar-refractivity contribution in [3.63, 3.8) is 0 Å². The zero-order valence-corrected chi connectivity index (χ0v) is 12.5. The normalized spacial score (nSPS) is 10.5. The average molecular weight is 316 g/mol. The Balaban J connectivity index is 1.63. The number of hydrogen-bond acceptors (Lipinski definition) is 8. The van der Waals surface area contributed by atoms with Crippen LogP contribution in [-0.2, 0) is 0 Å². The topological polar surface area (TPSA) is 101 Å². The van der Waals surface area contributed by atoms with E-state index in [1.165, 1.54) is 0 Å². The molecule has 116 valence electrons. The molecular formula is C16H12N8. The summed E-state index contributed by atoms with van der Waals surface area (Å²) >= 11 is 0. The number of nitrogens with zero attached hydrogens (tertiary/aromatic N) is 6. The number of hydrogen-bond donors (Lipinski definition) is 2. The lowest BCUT2D eigenvalue weighted by Crippen LogP contribution is -2.00. The van der Waals surface area contributed by atoms with Crippen molar-refractivity contribution in [1.29, 1.82) is 0 Å². The fourth-order valence-electron chi connectivity index (χ4n) is 2.09. The van der Waals surface area contributed by atoms with Gasteiger partial charge in [0, 0.05) is 30.2 Å². The lowest BCUT2D eigenvalue weighted by atomic mass is 10.3. The molecule has 0 fully saturated rings. The van der Waals surface area contributed by atoms with Gasteiger partial charge in [-0.05, 0) is 36.4 Å². The summed E-state index contributed by atoms with van der Waals surface area (Å²) in [6.45, 7) is 0. The first-order chi connectivity index (χ1) is 11.9. The largest absolute Gasteiger partial charge is 0.309 e. The molecule has 0 unspecified atom stereocenters. The van der Waals surface area contributed by atoms with Gasteiger partial charge in [-0.3, -0.25) is 0 Å². The van der Waals surface area contributed by atoms with Gasteiger partial charge in [0.15, 0.2) is 5.65 Å². The quantitative estimate of drug-likeness (QED) is 0.592. The Morgan fingerprint density at radius 3 is 1.50 bits per heavy atom.